The largest absolute Gasteiger partial charge is 0.390 e. The number of hydrogen-bond acceptors (Lipinski definition) is 2. The van der Waals surface area contributed by atoms with Crippen molar-refractivity contribution in [2.75, 3.05) is 0 Å². The molecule has 0 N–H and O–H groups in total. The smallest absolute Gasteiger partial charge is 0.298 e. The number of nitrogens with zero attached hydrogens (tertiary/aromatic N) is 2. The van der Waals surface area contributed by atoms with Crippen molar-refractivity contribution in [3.63, 3.8) is 0 Å². The molecule has 0 aromatic carbocycles. The molecule has 0 unspecified atom stereocenters. The van der Waals surface area contributed by atoms with Crippen LogP contribution in [-0.2, 0) is 6.54 Å². The van der Waals surface area contributed by atoms with Crippen LogP contribution >= 0.6 is 27.5 Å². The summed E-state index contributed by atoms with van der Waals surface area (Å²) in [4.78, 5) is 14.9. The van der Waals surface area contributed by atoms with E-state index in [1.165, 1.54) is 0 Å². The molecule has 0 saturated carbocycles. The zero-order chi connectivity index (χ0) is 11.6. The molecule has 8 heteroatoms. The molecule has 0 aliphatic carbocycles. The van der Waals surface area contributed by atoms with Gasteiger partial charge in [-0.3, -0.25) is 9.36 Å². The van der Waals surface area contributed by atoms with Gasteiger partial charge in [0.1, 0.15) is 4.47 Å². The summed E-state index contributed by atoms with van der Waals surface area (Å²) in [5, 5.41) is -0.0664. The van der Waals surface area contributed by atoms with Crippen molar-refractivity contribution in [2.24, 2.45) is 0 Å². The molecule has 0 fully saturated rings. The third-order valence-electron chi connectivity index (χ3n) is 1.58. The van der Waals surface area contributed by atoms with Gasteiger partial charge in [0.05, 0.1) is 12.7 Å². The maximum absolute atomic E-state index is 11.9. The average Bonchev–Trinajstić information content (AvgIpc) is 2.12. The Morgan fingerprint density at radius 2 is 2.13 bits per heavy atom. The maximum Gasteiger partial charge on any atom is 0.390 e. The Balaban J connectivity index is 2.89. The van der Waals surface area contributed by atoms with E-state index in [-0.39, 0.29) is 9.63 Å². The lowest BCUT2D eigenvalue weighted by Gasteiger charge is -2.08. The highest BCUT2D eigenvalue weighted by molar-refractivity contribution is 9.10. The van der Waals surface area contributed by atoms with Crippen LogP contribution in [0.1, 0.15) is 6.42 Å². The fourth-order valence-electron chi connectivity index (χ4n) is 0.850. The van der Waals surface area contributed by atoms with Gasteiger partial charge in [0.25, 0.3) is 5.56 Å². The Morgan fingerprint density at radius 3 is 2.67 bits per heavy atom. The Kier molecular flexibility index (Phi) is 3.77. The monoisotopic (exact) mass is 304 g/mol. The molecule has 1 aromatic rings. The van der Waals surface area contributed by atoms with Crippen molar-refractivity contribution in [1.29, 1.82) is 0 Å². The number of aromatic nitrogens is 2. The van der Waals surface area contributed by atoms with Crippen LogP contribution in [0.2, 0.25) is 5.15 Å². The average molecular weight is 305 g/mol. The van der Waals surface area contributed by atoms with Crippen molar-refractivity contribution in [3.05, 3.63) is 26.3 Å². The van der Waals surface area contributed by atoms with Crippen LogP contribution in [0.3, 0.4) is 0 Å². The predicted molar refractivity (Wildman–Crippen MR) is 51.9 cm³/mol. The molecule has 15 heavy (non-hydrogen) atoms. The minimum atomic E-state index is -4.30. The molecular weight excluding hydrogens is 300 g/mol. The van der Waals surface area contributed by atoms with Crippen LogP contribution in [-0.4, -0.2) is 15.7 Å². The van der Waals surface area contributed by atoms with Gasteiger partial charge in [0.2, 0.25) is 0 Å². The second-order valence-corrected chi connectivity index (χ2v) is 3.86. The molecule has 0 saturated heterocycles. The van der Waals surface area contributed by atoms with Crippen molar-refractivity contribution < 1.29 is 13.2 Å². The molecular formula is C7H5BrClF3N2O. The minimum Gasteiger partial charge on any atom is -0.298 e. The zero-order valence-electron chi connectivity index (χ0n) is 7.18. The topological polar surface area (TPSA) is 34.9 Å². The summed E-state index contributed by atoms with van der Waals surface area (Å²) < 4.78 is 36.5. The third kappa shape index (κ3) is 3.49. The highest BCUT2D eigenvalue weighted by atomic mass is 79.9. The van der Waals surface area contributed by atoms with Crippen LogP contribution < -0.4 is 5.56 Å². The van der Waals surface area contributed by atoms with Gasteiger partial charge in [-0.05, 0) is 15.9 Å². The van der Waals surface area contributed by atoms with E-state index in [9.17, 15) is 18.0 Å². The first kappa shape index (κ1) is 12.5. The van der Waals surface area contributed by atoms with E-state index in [0.717, 1.165) is 10.9 Å². The summed E-state index contributed by atoms with van der Waals surface area (Å²) in [7, 11) is 0. The first-order chi connectivity index (χ1) is 6.81. The van der Waals surface area contributed by atoms with Gasteiger partial charge in [-0.25, -0.2) is 4.98 Å². The van der Waals surface area contributed by atoms with Gasteiger partial charge in [-0.1, -0.05) is 11.6 Å². The number of aryl methyl sites for hydroxylation is 1. The molecule has 0 amide bonds. The second-order valence-electron chi connectivity index (χ2n) is 2.71. The standard InChI is InChI=1S/C7H5BrClF3N2O/c8-4-5(9)13-3-14(6(4)15)2-1-7(10,11)12/h3H,1-2H2. The maximum atomic E-state index is 11.9. The Labute approximate surface area is 96.0 Å². The van der Waals surface area contributed by atoms with E-state index in [1.54, 1.807) is 0 Å². The van der Waals surface area contributed by atoms with E-state index in [1.807, 2.05) is 0 Å². The molecule has 1 heterocycles. The molecule has 0 radical (unpaired) electrons. The summed E-state index contributed by atoms with van der Waals surface area (Å²) in [5.41, 5.74) is -0.626. The Morgan fingerprint density at radius 1 is 1.53 bits per heavy atom. The van der Waals surface area contributed by atoms with Crippen molar-refractivity contribution in [3.8, 4) is 0 Å². The SMILES string of the molecule is O=c1c(Br)c(Cl)ncn1CCC(F)(F)F. The number of hydrogen-bond donors (Lipinski definition) is 0. The van der Waals surface area contributed by atoms with E-state index >= 15 is 0 Å². The molecule has 0 bridgehead atoms. The van der Waals surface area contributed by atoms with Crippen molar-refractivity contribution >= 4 is 27.5 Å². The van der Waals surface area contributed by atoms with Crippen LogP contribution in [0.4, 0.5) is 13.2 Å². The molecule has 1 rings (SSSR count). The first-order valence-corrected chi connectivity index (χ1v) is 4.95. The number of alkyl halides is 3. The summed E-state index contributed by atoms with van der Waals surface area (Å²) >= 11 is 8.32. The second kappa shape index (κ2) is 4.52. The van der Waals surface area contributed by atoms with Gasteiger partial charge in [0.15, 0.2) is 5.15 Å². The first-order valence-electron chi connectivity index (χ1n) is 3.78. The summed E-state index contributed by atoms with van der Waals surface area (Å²) in [6.45, 7) is -0.467. The lowest BCUT2D eigenvalue weighted by molar-refractivity contribution is -0.136. The van der Waals surface area contributed by atoms with E-state index in [2.05, 4.69) is 20.9 Å². The number of halogens is 5. The van der Waals surface area contributed by atoms with Gasteiger partial charge < -0.3 is 0 Å². The van der Waals surface area contributed by atoms with Crippen molar-refractivity contribution in [1.82, 2.24) is 9.55 Å². The predicted octanol–water partition coefficient (Wildman–Crippen LogP) is 2.61. The molecule has 84 valence electrons. The molecule has 0 atom stereocenters. The summed E-state index contributed by atoms with van der Waals surface area (Å²) in [6.07, 6.45) is -4.39. The Bertz CT molecular complexity index is 418. The van der Waals surface area contributed by atoms with Gasteiger partial charge in [-0.2, -0.15) is 13.2 Å². The molecule has 0 spiro atoms. The molecule has 3 nitrogen and oxygen atoms in total. The van der Waals surface area contributed by atoms with Crippen LogP contribution in [0.5, 0.6) is 0 Å². The van der Waals surface area contributed by atoms with Gasteiger partial charge >= 0.3 is 6.18 Å². The summed E-state index contributed by atoms with van der Waals surface area (Å²) in [6, 6.07) is 0. The molecule has 1 aromatic heterocycles. The zero-order valence-corrected chi connectivity index (χ0v) is 9.53. The fourth-order valence-corrected chi connectivity index (χ4v) is 1.30. The van der Waals surface area contributed by atoms with Crippen molar-refractivity contribution in [2.45, 2.75) is 19.1 Å². The lowest BCUT2D eigenvalue weighted by Crippen LogP contribution is -2.24. The lowest BCUT2D eigenvalue weighted by atomic mass is 10.4. The van der Waals surface area contributed by atoms with E-state index in [4.69, 9.17) is 11.6 Å². The van der Waals surface area contributed by atoms with E-state index < -0.39 is 24.7 Å². The van der Waals surface area contributed by atoms with E-state index in [0.29, 0.717) is 0 Å². The molecule has 0 aliphatic rings. The van der Waals surface area contributed by atoms with Crippen LogP contribution in [0.25, 0.3) is 0 Å². The quantitative estimate of drug-likeness (QED) is 0.787. The third-order valence-corrected chi connectivity index (χ3v) is 2.81. The Hall–Kier alpha value is -0.560. The van der Waals surface area contributed by atoms with Crippen LogP contribution in [0, 0.1) is 0 Å². The summed E-state index contributed by atoms with van der Waals surface area (Å²) in [5.74, 6) is 0. The normalized spacial score (nSPS) is 11.8. The van der Waals surface area contributed by atoms with Crippen LogP contribution in [0.15, 0.2) is 15.6 Å². The molecule has 0 aliphatic heterocycles. The van der Waals surface area contributed by atoms with Gasteiger partial charge in [-0.15, -0.1) is 0 Å². The van der Waals surface area contributed by atoms with Gasteiger partial charge in [0, 0.05) is 6.54 Å². The highest BCUT2D eigenvalue weighted by Crippen LogP contribution is 2.20. The number of rotatable bonds is 2. The highest BCUT2D eigenvalue weighted by Gasteiger charge is 2.27. The minimum absolute atomic E-state index is 0.0335. The fraction of sp³-hybridized carbons (Fsp3) is 0.429.